The minimum atomic E-state index is 0. The summed E-state index contributed by atoms with van der Waals surface area (Å²) in [5, 5.41) is 0. The van der Waals surface area contributed by atoms with Crippen LogP contribution in [-0.4, -0.2) is 0 Å². The summed E-state index contributed by atoms with van der Waals surface area (Å²) in [6.45, 7) is 5.95. The smallest absolute Gasteiger partial charge is 0.0353 e. The molecule has 0 atom stereocenters. The predicted molar refractivity (Wildman–Crippen MR) is 68.8 cm³/mol. The van der Waals surface area contributed by atoms with Crippen LogP contribution >= 0.6 is 34.0 Å². The number of hydrogen-bond donors (Lipinski definition) is 0. The second kappa shape index (κ2) is 17.7. The lowest BCUT2D eigenvalue weighted by Crippen LogP contribution is -1.76. The molecule has 0 nitrogen and oxygen atoms in total. The van der Waals surface area contributed by atoms with Gasteiger partial charge in [-0.25, -0.2) is 0 Å². The third-order valence-corrected chi connectivity index (χ3v) is 1.76. The summed E-state index contributed by atoms with van der Waals surface area (Å²) in [4.78, 5) is 0. The van der Waals surface area contributed by atoms with Crippen LogP contribution in [0, 0.1) is 0 Å². The molecule has 0 heterocycles. The zero-order valence-corrected chi connectivity index (χ0v) is 11.5. The molecule has 0 amide bonds. The van der Waals surface area contributed by atoms with E-state index in [4.69, 9.17) is 0 Å². The van der Waals surface area contributed by atoms with Gasteiger partial charge in [0.05, 0.1) is 0 Å². The van der Waals surface area contributed by atoms with Crippen molar-refractivity contribution in [3.63, 3.8) is 0 Å². The minimum Gasteiger partial charge on any atom is -0.114 e. The van der Waals surface area contributed by atoms with Crippen molar-refractivity contribution in [2.75, 3.05) is 0 Å². The van der Waals surface area contributed by atoms with E-state index in [1.165, 1.54) is 44.9 Å². The Balaban J connectivity index is -0.000000405. The van der Waals surface area contributed by atoms with Crippen LogP contribution in [0.4, 0.5) is 0 Å². The van der Waals surface area contributed by atoms with Gasteiger partial charge < -0.3 is 0 Å². The van der Waals surface area contributed by atoms with Gasteiger partial charge in [0.1, 0.15) is 0 Å². The maximum absolute atomic E-state index is 3.69. The zero-order chi connectivity index (χ0) is 7.66. The lowest BCUT2D eigenvalue weighted by molar-refractivity contribution is 0.611. The van der Waals surface area contributed by atoms with E-state index < -0.39 is 0 Å². The van der Waals surface area contributed by atoms with Gasteiger partial charge in [0.2, 0.25) is 0 Å². The molecule has 12 heavy (non-hydrogen) atoms. The van der Waals surface area contributed by atoms with Crippen LogP contribution in [0.5, 0.6) is 0 Å². The monoisotopic (exact) mass is 300 g/mol. The van der Waals surface area contributed by atoms with E-state index >= 15 is 0 Å². The predicted octanol–water partition coefficient (Wildman–Crippen LogP) is 5.08. The molecule has 0 saturated carbocycles. The van der Waals surface area contributed by atoms with Crippen LogP contribution in [0.3, 0.4) is 0 Å². The van der Waals surface area contributed by atoms with Crippen LogP contribution in [-0.2, 0) is 0 Å². The van der Waals surface area contributed by atoms with Gasteiger partial charge in [0, 0.05) is 0 Å². The van der Waals surface area contributed by atoms with Crippen molar-refractivity contribution < 1.29 is 0 Å². The van der Waals surface area contributed by atoms with Crippen LogP contribution in [0.25, 0.3) is 0 Å². The van der Waals surface area contributed by atoms with Crippen molar-refractivity contribution in [1.29, 1.82) is 0 Å². The summed E-state index contributed by atoms with van der Waals surface area (Å²) in [5.74, 6) is 0. The summed E-state index contributed by atoms with van der Waals surface area (Å²) in [6.07, 6.45) is 11.6. The Kier molecular flexibility index (Phi) is 27.2. The van der Waals surface area contributed by atoms with Gasteiger partial charge in [-0.15, -0.1) is 40.5 Å². The zero-order valence-electron chi connectivity index (χ0n) is 8.05. The first kappa shape index (κ1) is 18.5. The molecule has 0 N–H and O–H groups in total. The number of hydrogen-bond acceptors (Lipinski definition) is 0. The molecule has 0 fully saturated rings. The van der Waals surface area contributed by atoms with Gasteiger partial charge >= 0.3 is 0 Å². The van der Waals surface area contributed by atoms with Crippen molar-refractivity contribution in [3.8, 4) is 0 Å². The minimum absolute atomic E-state index is 0. The average molecular weight is 302 g/mol. The van der Waals surface area contributed by atoms with Crippen LogP contribution in [0.15, 0.2) is 12.7 Å². The Morgan fingerprint density at radius 2 is 1.42 bits per heavy atom. The molecule has 0 aromatic rings. The van der Waals surface area contributed by atoms with Crippen molar-refractivity contribution >= 4 is 34.0 Å². The van der Waals surface area contributed by atoms with Crippen LogP contribution in [0.1, 0.15) is 51.9 Å². The highest BCUT2D eigenvalue weighted by atomic mass is 79.9. The van der Waals surface area contributed by atoms with Crippen molar-refractivity contribution in [2.45, 2.75) is 51.9 Å². The summed E-state index contributed by atoms with van der Waals surface area (Å²) in [7, 11) is 0. The molecule has 0 rings (SSSR count). The van der Waals surface area contributed by atoms with Crippen LogP contribution in [0.2, 0.25) is 0 Å². The third-order valence-electron chi connectivity index (χ3n) is 1.76. The Labute approximate surface area is 98.4 Å². The molecule has 2 heteroatoms. The highest BCUT2D eigenvalue weighted by Gasteiger charge is 1.86. The molecule has 0 aromatic heterocycles. The number of allylic oxidation sites excluding steroid dienone is 1. The second-order valence-electron chi connectivity index (χ2n) is 2.85. The van der Waals surface area contributed by atoms with Crippen molar-refractivity contribution in [2.24, 2.45) is 0 Å². The molecule has 0 saturated heterocycles. The third kappa shape index (κ3) is 17.0. The number of unbranched alkanes of at least 4 members (excludes halogenated alkanes) is 6. The summed E-state index contributed by atoms with van der Waals surface area (Å²) < 4.78 is 0. The second-order valence-corrected chi connectivity index (χ2v) is 2.85. The molecule has 0 bridgehead atoms. The number of rotatable bonds is 7. The molecule has 0 aliphatic heterocycles. The van der Waals surface area contributed by atoms with Gasteiger partial charge in [0.15, 0.2) is 0 Å². The van der Waals surface area contributed by atoms with E-state index in [1.807, 2.05) is 6.08 Å². The summed E-state index contributed by atoms with van der Waals surface area (Å²) >= 11 is 0. The summed E-state index contributed by atoms with van der Waals surface area (Å²) in [6, 6.07) is 0. The van der Waals surface area contributed by atoms with Gasteiger partial charge in [0.25, 0.3) is 0 Å². The van der Waals surface area contributed by atoms with Crippen molar-refractivity contribution in [3.05, 3.63) is 12.7 Å². The summed E-state index contributed by atoms with van der Waals surface area (Å²) in [5.41, 5.74) is 0. The largest absolute Gasteiger partial charge is 0.114 e. The molecule has 0 aromatic carbocycles. The quantitative estimate of drug-likeness (QED) is 0.454. The van der Waals surface area contributed by atoms with E-state index in [0.717, 1.165) is 0 Å². The molecule has 0 unspecified atom stereocenters. The highest BCUT2D eigenvalue weighted by Crippen LogP contribution is 2.06. The Morgan fingerprint density at radius 3 is 1.92 bits per heavy atom. The van der Waals surface area contributed by atoms with E-state index in [1.54, 1.807) is 0 Å². The topological polar surface area (TPSA) is 0 Å². The van der Waals surface area contributed by atoms with Gasteiger partial charge in [-0.2, -0.15) is 0 Å². The fourth-order valence-corrected chi connectivity index (χ4v) is 1.07. The lowest BCUT2D eigenvalue weighted by Gasteiger charge is -1.96. The molecule has 0 aliphatic carbocycles. The highest BCUT2D eigenvalue weighted by molar-refractivity contribution is 8.93. The first-order valence-corrected chi connectivity index (χ1v) is 4.52. The van der Waals surface area contributed by atoms with E-state index in [2.05, 4.69) is 13.5 Å². The fourth-order valence-electron chi connectivity index (χ4n) is 1.07. The van der Waals surface area contributed by atoms with Gasteiger partial charge in [-0.1, -0.05) is 45.1 Å². The van der Waals surface area contributed by atoms with E-state index in [-0.39, 0.29) is 34.0 Å². The maximum Gasteiger partial charge on any atom is -0.0353 e. The Hall–Kier alpha value is 0.700. The van der Waals surface area contributed by atoms with E-state index in [9.17, 15) is 0 Å². The molecule has 0 aliphatic rings. The SMILES string of the molecule is Br.Br.C=CCCCCCCCC. The fraction of sp³-hybridized carbons (Fsp3) is 0.800. The molecule has 76 valence electrons. The molecule has 0 spiro atoms. The Morgan fingerprint density at radius 1 is 0.917 bits per heavy atom. The molecular weight excluding hydrogens is 280 g/mol. The Bertz CT molecular complexity index is 72.2. The molecular formula is C10H22Br2. The normalized spacial score (nSPS) is 8.08. The lowest BCUT2D eigenvalue weighted by atomic mass is 10.1. The maximum atomic E-state index is 3.69. The average Bonchev–Trinajstić information content (AvgIpc) is 1.97. The molecule has 0 radical (unpaired) electrons. The number of halogens is 2. The van der Waals surface area contributed by atoms with Crippen molar-refractivity contribution in [1.82, 2.24) is 0 Å². The van der Waals surface area contributed by atoms with Crippen LogP contribution < -0.4 is 0 Å². The first-order valence-electron chi connectivity index (χ1n) is 4.52. The van der Waals surface area contributed by atoms with Gasteiger partial charge in [-0.05, 0) is 12.8 Å². The van der Waals surface area contributed by atoms with Gasteiger partial charge in [-0.3, -0.25) is 0 Å². The standard InChI is InChI=1S/C10H20.2BrH/c1-3-5-7-9-10-8-6-4-2;;/h3H,1,4-10H2,2H3;2*1H. The first-order chi connectivity index (χ1) is 4.91. The van der Waals surface area contributed by atoms with E-state index in [0.29, 0.717) is 0 Å².